The van der Waals surface area contributed by atoms with Gasteiger partial charge in [0, 0.05) is 24.7 Å². The maximum atomic E-state index is 15.0. The van der Waals surface area contributed by atoms with Crippen LogP contribution in [0.15, 0.2) is 53.7 Å². The van der Waals surface area contributed by atoms with E-state index in [1.165, 1.54) is 18.0 Å². The summed E-state index contributed by atoms with van der Waals surface area (Å²) in [4.78, 5) is 22.2. The number of fused-ring (bicyclic) bond motifs is 2. The number of H-pyrrole nitrogens is 1. The first-order valence-electron chi connectivity index (χ1n) is 10.2. The summed E-state index contributed by atoms with van der Waals surface area (Å²) in [5.74, 6) is -1.20. The second-order valence-corrected chi connectivity index (χ2v) is 9.24. The standard InChI is InChI=1S/C21H19FN8O3S/c1-23-19(31)11-30(17-4-2-3-16-14(17)9-25-29-16)20-15(22)10-24-21(28-20)27-13-6-5-12-8-26-34(32,33)18(12)7-13/h2-7,9-10,26H,8,11H2,1H3,(H,23,31)(H,25,29)(H,24,27,28). The number of benzene rings is 2. The van der Waals surface area contributed by atoms with Gasteiger partial charge in [-0.15, -0.1) is 0 Å². The first-order valence-corrected chi connectivity index (χ1v) is 11.7. The van der Waals surface area contributed by atoms with Crippen LogP contribution in [0.5, 0.6) is 0 Å². The van der Waals surface area contributed by atoms with Crippen LogP contribution in [0.3, 0.4) is 0 Å². The second kappa shape index (κ2) is 8.35. The van der Waals surface area contributed by atoms with Crippen molar-refractivity contribution in [2.24, 2.45) is 0 Å². The van der Waals surface area contributed by atoms with E-state index in [2.05, 4.69) is 35.5 Å². The summed E-state index contributed by atoms with van der Waals surface area (Å²) in [6.45, 7) is 0.0140. The van der Waals surface area contributed by atoms with Crippen LogP contribution in [0.4, 0.5) is 27.5 Å². The number of aromatic amines is 1. The lowest BCUT2D eigenvalue weighted by molar-refractivity contribution is -0.119. The number of anilines is 4. The molecule has 4 N–H and O–H groups in total. The van der Waals surface area contributed by atoms with Crippen LogP contribution in [0.2, 0.25) is 0 Å². The van der Waals surface area contributed by atoms with E-state index in [0.717, 1.165) is 6.20 Å². The van der Waals surface area contributed by atoms with Crippen molar-refractivity contribution in [2.75, 3.05) is 23.8 Å². The van der Waals surface area contributed by atoms with Crippen molar-refractivity contribution in [3.63, 3.8) is 0 Å². The molecule has 3 heterocycles. The molecule has 1 aliphatic rings. The van der Waals surface area contributed by atoms with Crippen LogP contribution < -0.4 is 20.3 Å². The molecule has 4 aromatic rings. The highest BCUT2D eigenvalue weighted by molar-refractivity contribution is 7.89. The molecule has 0 unspecified atom stereocenters. The molecule has 0 aliphatic carbocycles. The predicted octanol–water partition coefficient (Wildman–Crippen LogP) is 1.91. The number of likely N-dealkylation sites (N-methyl/N-ethyl adjacent to an activating group) is 1. The van der Waals surface area contributed by atoms with Crippen molar-refractivity contribution >= 4 is 50.0 Å². The van der Waals surface area contributed by atoms with E-state index in [1.54, 1.807) is 30.5 Å². The van der Waals surface area contributed by atoms with Gasteiger partial charge < -0.3 is 15.5 Å². The molecule has 0 fully saturated rings. The van der Waals surface area contributed by atoms with Crippen LogP contribution in [0.1, 0.15) is 5.56 Å². The van der Waals surface area contributed by atoms with Crippen molar-refractivity contribution in [3.8, 4) is 0 Å². The van der Waals surface area contributed by atoms with Gasteiger partial charge in [0.15, 0.2) is 11.6 Å². The Morgan fingerprint density at radius 2 is 2.09 bits per heavy atom. The summed E-state index contributed by atoms with van der Waals surface area (Å²) in [5.41, 5.74) is 2.29. The molecule has 0 radical (unpaired) electrons. The van der Waals surface area contributed by atoms with E-state index >= 15 is 0 Å². The molecule has 34 heavy (non-hydrogen) atoms. The van der Waals surface area contributed by atoms with Crippen molar-refractivity contribution < 1.29 is 17.6 Å². The van der Waals surface area contributed by atoms with Crippen LogP contribution in [-0.4, -0.2) is 48.1 Å². The third kappa shape index (κ3) is 3.91. The van der Waals surface area contributed by atoms with Crippen molar-refractivity contribution in [3.05, 3.63) is 60.2 Å². The summed E-state index contributed by atoms with van der Waals surface area (Å²) in [5, 5.41) is 13.0. The van der Waals surface area contributed by atoms with Gasteiger partial charge in [-0.2, -0.15) is 10.1 Å². The smallest absolute Gasteiger partial charge is 0.241 e. The molecule has 0 atom stereocenters. The summed E-state index contributed by atoms with van der Waals surface area (Å²) < 4.78 is 41.7. The number of sulfonamides is 1. The molecule has 0 saturated heterocycles. The number of halogens is 1. The topological polar surface area (TPSA) is 145 Å². The summed E-state index contributed by atoms with van der Waals surface area (Å²) >= 11 is 0. The normalized spacial score (nSPS) is 14.1. The summed E-state index contributed by atoms with van der Waals surface area (Å²) in [6, 6.07) is 10.1. The van der Waals surface area contributed by atoms with Crippen LogP contribution in [-0.2, 0) is 21.4 Å². The lowest BCUT2D eigenvalue weighted by atomic mass is 10.2. The molecular weight excluding hydrogens is 463 g/mol. The summed E-state index contributed by atoms with van der Waals surface area (Å²) in [7, 11) is -2.08. The number of aromatic nitrogens is 4. The number of nitrogens with one attached hydrogen (secondary N) is 4. The third-order valence-corrected chi connectivity index (χ3v) is 6.86. The minimum absolute atomic E-state index is 0.0287. The van der Waals surface area contributed by atoms with Crippen LogP contribution >= 0.6 is 0 Å². The highest BCUT2D eigenvalue weighted by Crippen LogP contribution is 2.33. The molecule has 2 aromatic heterocycles. The Kier molecular flexibility index (Phi) is 5.34. The number of carbonyl (C=O) groups is 1. The van der Waals surface area contributed by atoms with Gasteiger partial charge in [0.2, 0.25) is 21.9 Å². The molecule has 1 aliphatic heterocycles. The SMILES string of the molecule is CNC(=O)CN(c1nc(Nc2ccc3c(c2)S(=O)(=O)NC3)ncc1F)c1cccc2[nH]ncc12. The van der Waals surface area contributed by atoms with Gasteiger partial charge in [0.1, 0.15) is 6.54 Å². The molecule has 0 spiro atoms. The van der Waals surface area contributed by atoms with Gasteiger partial charge >= 0.3 is 0 Å². The van der Waals surface area contributed by atoms with Gasteiger partial charge in [-0.05, 0) is 29.8 Å². The fraction of sp³-hybridized carbons (Fsp3) is 0.143. The molecule has 2 aromatic carbocycles. The van der Waals surface area contributed by atoms with Gasteiger partial charge in [-0.1, -0.05) is 12.1 Å². The highest BCUT2D eigenvalue weighted by Gasteiger charge is 2.26. The zero-order chi connectivity index (χ0) is 23.9. The Morgan fingerprint density at radius 3 is 2.91 bits per heavy atom. The lowest BCUT2D eigenvalue weighted by Gasteiger charge is -2.24. The zero-order valence-corrected chi connectivity index (χ0v) is 18.6. The predicted molar refractivity (Wildman–Crippen MR) is 123 cm³/mol. The maximum Gasteiger partial charge on any atom is 0.241 e. The third-order valence-electron chi connectivity index (χ3n) is 5.38. The molecule has 0 saturated carbocycles. The molecule has 5 rings (SSSR count). The Bertz CT molecular complexity index is 1520. The molecule has 174 valence electrons. The van der Waals surface area contributed by atoms with Crippen molar-refractivity contribution in [1.29, 1.82) is 0 Å². The highest BCUT2D eigenvalue weighted by atomic mass is 32.2. The number of amides is 1. The van der Waals surface area contributed by atoms with Gasteiger partial charge in [0.05, 0.1) is 28.5 Å². The molecule has 0 bridgehead atoms. The largest absolute Gasteiger partial charge is 0.358 e. The quantitative estimate of drug-likeness (QED) is 0.326. The molecule has 13 heteroatoms. The Balaban J connectivity index is 1.55. The van der Waals surface area contributed by atoms with Gasteiger partial charge in [-0.25, -0.2) is 22.5 Å². The van der Waals surface area contributed by atoms with Gasteiger partial charge in [-0.3, -0.25) is 9.89 Å². The molecular formula is C21H19FN8O3S. The van der Waals surface area contributed by atoms with Crippen molar-refractivity contribution in [2.45, 2.75) is 11.4 Å². The van der Waals surface area contributed by atoms with Crippen molar-refractivity contribution in [1.82, 2.24) is 30.2 Å². The number of carbonyl (C=O) groups excluding carboxylic acids is 1. The Labute approximate surface area is 193 Å². The van der Waals surface area contributed by atoms with E-state index < -0.39 is 15.8 Å². The fourth-order valence-corrected chi connectivity index (χ4v) is 4.97. The van der Waals surface area contributed by atoms with Crippen LogP contribution in [0.25, 0.3) is 10.9 Å². The molecule has 1 amide bonds. The maximum absolute atomic E-state index is 15.0. The first-order chi connectivity index (χ1) is 16.4. The van der Waals surface area contributed by atoms with E-state index in [9.17, 15) is 17.6 Å². The first kappa shape index (κ1) is 21.7. The number of hydrogen-bond acceptors (Lipinski definition) is 8. The van der Waals surface area contributed by atoms with E-state index in [-0.39, 0.29) is 35.7 Å². The number of hydrogen-bond donors (Lipinski definition) is 4. The second-order valence-electron chi connectivity index (χ2n) is 7.50. The summed E-state index contributed by atoms with van der Waals surface area (Å²) in [6.07, 6.45) is 2.57. The fourth-order valence-electron chi connectivity index (χ4n) is 3.70. The van der Waals surface area contributed by atoms with E-state index in [0.29, 0.717) is 27.8 Å². The van der Waals surface area contributed by atoms with E-state index in [1.807, 2.05) is 6.07 Å². The van der Waals surface area contributed by atoms with E-state index in [4.69, 9.17) is 0 Å². The average molecular weight is 483 g/mol. The lowest BCUT2D eigenvalue weighted by Crippen LogP contribution is -2.33. The molecule has 11 nitrogen and oxygen atoms in total. The Morgan fingerprint density at radius 1 is 1.24 bits per heavy atom. The Hall–Kier alpha value is -4.10. The number of nitrogens with zero attached hydrogens (tertiary/aromatic N) is 4. The minimum Gasteiger partial charge on any atom is -0.358 e. The van der Waals surface area contributed by atoms with Gasteiger partial charge in [0.25, 0.3) is 0 Å². The number of rotatable bonds is 6. The minimum atomic E-state index is -3.57. The monoisotopic (exact) mass is 482 g/mol. The zero-order valence-electron chi connectivity index (χ0n) is 17.8. The average Bonchev–Trinajstić information content (AvgIpc) is 3.43. The van der Waals surface area contributed by atoms with Crippen LogP contribution in [0, 0.1) is 5.82 Å².